The molecule has 1 aromatic rings. The van der Waals surface area contributed by atoms with Gasteiger partial charge in [-0.1, -0.05) is 17.7 Å². The predicted molar refractivity (Wildman–Crippen MR) is 78.8 cm³/mol. The first-order valence-corrected chi connectivity index (χ1v) is 6.80. The molecule has 1 amide bonds. The molecule has 19 heavy (non-hydrogen) atoms. The summed E-state index contributed by atoms with van der Waals surface area (Å²) in [5.41, 5.74) is 2.02. The summed E-state index contributed by atoms with van der Waals surface area (Å²) in [5.74, 6) is 1.64. The van der Waals surface area contributed by atoms with Crippen LogP contribution in [0.25, 0.3) is 0 Å². The van der Waals surface area contributed by atoms with Crippen molar-refractivity contribution in [1.82, 2.24) is 10.2 Å². The Hall–Kier alpha value is -1.06. The van der Waals surface area contributed by atoms with Gasteiger partial charge in [-0.3, -0.25) is 4.79 Å². The van der Waals surface area contributed by atoms with Crippen molar-refractivity contribution in [3.05, 3.63) is 35.4 Å². The van der Waals surface area contributed by atoms with E-state index in [9.17, 15) is 4.79 Å². The summed E-state index contributed by atoms with van der Waals surface area (Å²) in [4.78, 5) is 14.4. The summed E-state index contributed by atoms with van der Waals surface area (Å²) < 4.78 is 0. The van der Waals surface area contributed by atoms with E-state index in [1.165, 1.54) is 5.56 Å². The quantitative estimate of drug-likeness (QED) is 0.854. The Kier molecular flexibility index (Phi) is 4.48. The fraction of sp³-hybridized carbons (Fsp3) is 0.533. The van der Waals surface area contributed by atoms with Crippen LogP contribution in [0, 0.1) is 18.8 Å². The van der Waals surface area contributed by atoms with Gasteiger partial charge in [-0.2, -0.15) is 0 Å². The lowest BCUT2D eigenvalue weighted by molar-refractivity contribution is 0.0642. The van der Waals surface area contributed by atoms with Crippen LogP contribution in [0.5, 0.6) is 0 Å². The number of hydrogen-bond donors (Lipinski definition) is 1. The Morgan fingerprint density at radius 2 is 1.89 bits per heavy atom. The van der Waals surface area contributed by atoms with E-state index in [4.69, 9.17) is 0 Å². The lowest BCUT2D eigenvalue weighted by atomic mass is 9.88. The van der Waals surface area contributed by atoms with Crippen LogP contribution in [0.3, 0.4) is 0 Å². The summed E-state index contributed by atoms with van der Waals surface area (Å²) in [6.45, 7) is 6.09. The van der Waals surface area contributed by atoms with Gasteiger partial charge in [0.25, 0.3) is 5.91 Å². The number of piperidine rings is 1. The minimum atomic E-state index is 0. The Balaban J connectivity index is 0.00000133. The molecule has 2 aliphatic heterocycles. The number of nitrogens with one attached hydrogen (secondary N) is 1. The summed E-state index contributed by atoms with van der Waals surface area (Å²) in [6.07, 6.45) is 1.15. The van der Waals surface area contributed by atoms with Crippen LogP contribution in [-0.4, -0.2) is 37.0 Å². The van der Waals surface area contributed by atoms with Crippen LogP contribution < -0.4 is 5.32 Å². The average Bonchev–Trinajstić information content (AvgIpc) is 2.86. The van der Waals surface area contributed by atoms with Gasteiger partial charge in [0.1, 0.15) is 0 Å². The topological polar surface area (TPSA) is 32.3 Å². The lowest BCUT2D eigenvalue weighted by Gasteiger charge is -2.34. The first-order valence-electron chi connectivity index (χ1n) is 6.80. The molecule has 3 rings (SSSR count). The Morgan fingerprint density at radius 3 is 2.63 bits per heavy atom. The van der Waals surface area contributed by atoms with Gasteiger partial charge in [0.2, 0.25) is 0 Å². The van der Waals surface area contributed by atoms with Crippen molar-refractivity contribution in [3.63, 3.8) is 0 Å². The second kappa shape index (κ2) is 5.93. The normalized spacial score (nSPS) is 25.6. The molecule has 0 spiro atoms. The van der Waals surface area contributed by atoms with Crippen LogP contribution in [0.4, 0.5) is 0 Å². The third-order valence-electron chi connectivity index (χ3n) is 4.29. The molecule has 2 saturated heterocycles. The number of likely N-dealkylation sites (tertiary alicyclic amines) is 1. The second-order valence-corrected chi connectivity index (χ2v) is 5.58. The summed E-state index contributed by atoms with van der Waals surface area (Å²) in [5, 5.41) is 3.43. The zero-order chi connectivity index (χ0) is 12.5. The Bertz CT molecular complexity index is 446. The highest BCUT2D eigenvalue weighted by Crippen LogP contribution is 2.27. The van der Waals surface area contributed by atoms with Gasteiger partial charge in [0.05, 0.1) is 0 Å². The molecular formula is C15H21ClN2O. The van der Waals surface area contributed by atoms with Gasteiger partial charge in [0.15, 0.2) is 0 Å². The monoisotopic (exact) mass is 280 g/mol. The van der Waals surface area contributed by atoms with Crippen LogP contribution in [-0.2, 0) is 0 Å². The predicted octanol–water partition coefficient (Wildman–Crippen LogP) is 2.10. The molecule has 2 fully saturated rings. The first kappa shape index (κ1) is 14.4. The number of amides is 1. The van der Waals surface area contributed by atoms with Gasteiger partial charge < -0.3 is 10.2 Å². The van der Waals surface area contributed by atoms with Crippen LogP contribution in [0.1, 0.15) is 22.3 Å². The molecule has 2 heterocycles. The fourth-order valence-corrected chi connectivity index (χ4v) is 3.10. The van der Waals surface area contributed by atoms with Crippen molar-refractivity contribution in [3.8, 4) is 0 Å². The van der Waals surface area contributed by atoms with Crippen molar-refractivity contribution >= 4 is 18.3 Å². The summed E-state index contributed by atoms with van der Waals surface area (Å²) in [6, 6.07) is 7.90. The van der Waals surface area contributed by atoms with E-state index < -0.39 is 0 Å². The van der Waals surface area contributed by atoms with Crippen LogP contribution >= 0.6 is 12.4 Å². The number of halogens is 1. The fourth-order valence-electron chi connectivity index (χ4n) is 3.10. The van der Waals surface area contributed by atoms with E-state index in [0.29, 0.717) is 5.92 Å². The number of hydrogen-bond acceptors (Lipinski definition) is 2. The SMILES string of the molecule is Cc1ccc(C(=O)N2CCC3CNCC3C2)cc1.Cl. The third kappa shape index (κ3) is 2.93. The molecule has 1 N–H and O–H groups in total. The average molecular weight is 281 g/mol. The minimum Gasteiger partial charge on any atom is -0.338 e. The van der Waals surface area contributed by atoms with E-state index in [2.05, 4.69) is 5.32 Å². The number of nitrogens with zero attached hydrogens (tertiary/aromatic N) is 1. The van der Waals surface area contributed by atoms with Crippen molar-refractivity contribution < 1.29 is 4.79 Å². The molecule has 4 heteroatoms. The van der Waals surface area contributed by atoms with Gasteiger partial charge in [-0.15, -0.1) is 12.4 Å². The molecule has 0 saturated carbocycles. The molecule has 104 valence electrons. The van der Waals surface area contributed by atoms with E-state index in [1.807, 2.05) is 36.1 Å². The molecule has 0 bridgehead atoms. The molecule has 2 aliphatic rings. The van der Waals surface area contributed by atoms with Gasteiger partial charge in [0, 0.05) is 18.7 Å². The Labute approximate surface area is 120 Å². The van der Waals surface area contributed by atoms with Gasteiger partial charge in [-0.25, -0.2) is 0 Å². The summed E-state index contributed by atoms with van der Waals surface area (Å²) in [7, 11) is 0. The van der Waals surface area contributed by atoms with Gasteiger partial charge >= 0.3 is 0 Å². The maximum atomic E-state index is 12.4. The van der Waals surface area contributed by atoms with Crippen molar-refractivity contribution in [2.75, 3.05) is 26.2 Å². The highest BCUT2D eigenvalue weighted by Gasteiger charge is 2.34. The zero-order valence-corrected chi connectivity index (χ0v) is 12.1. The molecule has 3 nitrogen and oxygen atoms in total. The van der Waals surface area contributed by atoms with Crippen molar-refractivity contribution in [1.29, 1.82) is 0 Å². The number of aryl methyl sites for hydroxylation is 1. The van der Waals surface area contributed by atoms with Crippen LogP contribution in [0.2, 0.25) is 0 Å². The van der Waals surface area contributed by atoms with E-state index in [0.717, 1.165) is 44.1 Å². The maximum absolute atomic E-state index is 12.4. The highest BCUT2D eigenvalue weighted by atomic mass is 35.5. The van der Waals surface area contributed by atoms with E-state index in [1.54, 1.807) is 0 Å². The number of benzene rings is 1. The Morgan fingerprint density at radius 1 is 1.21 bits per heavy atom. The molecule has 0 radical (unpaired) electrons. The lowest BCUT2D eigenvalue weighted by Crippen LogP contribution is -2.43. The zero-order valence-electron chi connectivity index (χ0n) is 11.3. The third-order valence-corrected chi connectivity index (χ3v) is 4.29. The van der Waals surface area contributed by atoms with E-state index in [-0.39, 0.29) is 18.3 Å². The van der Waals surface area contributed by atoms with Gasteiger partial charge in [-0.05, 0) is 50.4 Å². The smallest absolute Gasteiger partial charge is 0.253 e. The number of rotatable bonds is 1. The maximum Gasteiger partial charge on any atom is 0.253 e. The summed E-state index contributed by atoms with van der Waals surface area (Å²) >= 11 is 0. The standard InChI is InChI=1S/C15H20N2O.ClH/c1-11-2-4-12(5-3-11)15(18)17-7-6-13-8-16-9-14(13)10-17;/h2-5,13-14,16H,6-10H2,1H3;1H. The number of carbonyl (C=O) groups excluding carboxylic acids is 1. The molecule has 0 aromatic heterocycles. The van der Waals surface area contributed by atoms with Crippen molar-refractivity contribution in [2.45, 2.75) is 13.3 Å². The van der Waals surface area contributed by atoms with E-state index >= 15 is 0 Å². The largest absolute Gasteiger partial charge is 0.338 e. The molecule has 2 unspecified atom stereocenters. The molecule has 1 aromatic carbocycles. The number of carbonyl (C=O) groups is 1. The van der Waals surface area contributed by atoms with Crippen molar-refractivity contribution in [2.24, 2.45) is 11.8 Å². The molecule has 2 atom stereocenters. The number of fused-ring (bicyclic) bond motifs is 1. The second-order valence-electron chi connectivity index (χ2n) is 5.58. The minimum absolute atomic E-state index is 0. The highest BCUT2D eigenvalue weighted by molar-refractivity contribution is 5.94. The molecule has 0 aliphatic carbocycles. The first-order chi connectivity index (χ1) is 8.74. The van der Waals surface area contributed by atoms with Crippen LogP contribution in [0.15, 0.2) is 24.3 Å². The molecular weight excluding hydrogens is 260 g/mol.